The number of aromatic carboxylic acids is 1. The lowest BCUT2D eigenvalue weighted by molar-refractivity contribution is -0.130. The van der Waals surface area contributed by atoms with Gasteiger partial charge in [0.15, 0.2) is 0 Å². The quantitative estimate of drug-likeness (QED) is 0.807. The molecule has 1 aliphatic rings. The van der Waals surface area contributed by atoms with Crippen LogP contribution >= 0.6 is 27.3 Å². The molecule has 1 aromatic carbocycles. The largest absolute Gasteiger partial charge is 0.477 e. The zero-order valence-corrected chi connectivity index (χ0v) is 14.7. The third-order valence-electron chi connectivity index (χ3n) is 4.33. The minimum atomic E-state index is -0.932. The molecule has 2 aromatic rings. The van der Waals surface area contributed by atoms with Gasteiger partial charge in [-0.25, -0.2) is 4.79 Å². The predicted octanol–water partition coefficient (Wildman–Crippen LogP) is 3.95. The standard InChI is InChI=1S/C17H16BrNO3S/c18-12-4-2-11(3-5-12)17(8-1-9-17)16(22)19-10-13-6-7-14(23-13)15(20)21/h2-7H,1,8-10H2,(H,19,22)(H,20,21). The van der Waals surface area contributed by atoms with E-state index in [9.17, 15) is 9.59 Å². The minimum absolute atomic E-state index is 0.0244. The van der Waals surface area contributed by atoms with Gasteiger partial charge in [-0.05, 0) is 42.7 Å². The van der Waals surface area contributed by atoms with Gasteiger partial charge in [-0.2, -0.15) is 0 Å². The Morgan fingerprint density at radius 3 is 2.39 bits per heavy atom. The third-order valence-corrected chi connectivity index (χ3v) is 5.94. The number of carboxylic acids is 1. The number of halogens is 1. The molecule has 0 saturated heterocycles. The van der Waals surface area contributed by atoms with E-state index < -0.39 is 11.4 Å². The number of rotatable bonds is 5. The van der Waals surface area contributed by atoms with Crippen molar-refractivity contribution >= 4 is 39.1 Å². The van der Waals surface area contributed by atoms with Crippen LogP contribution in [0.1, 0.15) is 39.4 Å². The van der Waals surface area contributed by atoms with Crippen LogP contribution in [0.5, 0.6) is 0 Å². The Bertz CT molecular complexity index is 735. The van der Waals surface area contributed by atoms with Gasteiger partial charge >= 0.3 is 5.97 Å². The third kappa shape index (κ3) is 3.19. The Morgan fingerprint density at radius 1 is 1.17 bits per heavy atom. The van der Waals surface area contributed by atoms with Crippen LogP contribution in [0.3, 0.4) is 0 Å². The second-order valence-electron chi connectivity index (χ2n) is 5.70. The minimum Gasteiger partial charge on any atom is -0.477 e. The Hall–Kier alpha value is -1.66. The second kappa shape index (κ2) is 6.45. The van der Waals surface area contributed by atoms with E-state index in [1.807, 2.05) is 24.3 Å². The van der Waals surface area contributed by atoms with Crippen molar-refractivity contribution in [3.8, 4) is 0 Å². The average Bonchev–Trinajstić information content (AvgIpc) is 2.95. The molecule has 1 saturated carbocycles. The van der Waals surface area contributed by atoms with Crippen LogP contribution in [-0.4, -0.2) is 17.0 Å². The van der Waals surface area contributed by atoms with E-state index in [-0.39, 0.29) is 5.91 Å². The van der Waals surface area contributed by atoms with Crippen LogP contribution in [0.15, 0.2) is 40.9 Å². The van der Waals surface area contributed by atoms with Crippen molar-refractivity contribution in [2.24, 2.45) is 0 Å². The van der Waals surface area contributed by atoms with Gasteiger partial charge in [-0.3, -0.25) is 4.79 Å². The fourth-order valence-electron chi connectivity index (χ4n) is 2.87. The molecular formula is C17H16BrNO3S. The van der Waals surface area contributed by atoms with Crippen molar-refractivity contribution in [2.75, 3.05) is 0 Å². The molecule has 1 heterocycles. The molecule has 0 bridgehead atoms. The van der Waals surface area contributed by atoms with Crippen LogP contribution in [0.25, 0.3) is 0 Å². The zero-order chi connectivity index (χ0) is 16.4. The highest BCUT2D eigenvalue weighted by Gasteiger charge is 2.45. The van der Waals surface area contributed by atoms with Gasteiger partial charge in [-0.15, -0.1) is 11.3 Å². The van der Waals surface area contributed by atoms with Crippen LogP contribution in [0.4, 0.5) is 0 Å². The van der Waals surface area contributed by atoms with Crippen molar-refractivity contribution < 1.29 is 14.7 Å². The maximum absolute atomic E-state index is 12.7. The van der Waals surface area contributed by atoms with Crippen LogP contribution in [0.2, 0.25) is 0 Å². The highest BCUT2D eigenvalue weighted by atomic mass is 79.9. The molecule has 1 aromatic heterocycles. The summed E-state index contributed by atoms with van der Waals surface area (Å²) in [6, 6.07) is 11.2. The molecule has 2 N–H and O–H groups in total. The summed E-state index contributed by atoms with van der Waals surface area (Å²) in [4.78, 5) is 24.8. The van der Waals surface area contributed by atoms with Gasteiger partial charge in [0.2, 0.25) is 5.91 Å². The molecule has 0 unspecified atom stereocenters. The summed E-state index contributed by atoms with van der Waals surface area (Å²) in [7, 11) is 0. The summed E-state index contributed by atoms with van der Waals surface area (Å²) in [5, 5.41) is 11.9. The predicted molar refractivity (Wildman–Crippen MR) is 92.8 cm³/mol. The molecule has 23 heavy (non-hydrogen) atoms. The maximum atomic E-state index is 12.7. The van der Waals surface area contributed by atoms with Gasteiger partial charge in [0.25, 0.3) is 0 Å². The lowest BCUT2D eigenvalue weighted by atomic mass is 9.64. The topological polar surface area (TPSA) is 66.4 Å². The van der Waals surface area contributed by atoms with E-state index in [1.54, 1.807) is 12.1 Å². The van der Waals surface area contributed by atoms with Gasteiger partial charge < -0.3 is 10.4 Å². The van der Waals surface area contributed by atoms with Crippen molar-refractivity contribution in [2.45, 2.75) is 31.2 Å². The van der Waals surface area contributed by atoms with E-state index in [1.165, 1.54) is 11.3 Å². The molecule has 4 nitrogen and oxygen atoms in total. The molecule has 0 radical (unpaired) electrons. The Kier molecular flexibility index (Phi) is 4.55. The lowest BCUT2D eigenvalue weighted by Crippen LogP contribution is -2.48. The number of hydrogen-bond donors (Lipinski definition) is 2. The summed E-state index contributed by atoms with van der Waals surface area (Å²) in [5.41, 5.74) is 0.606. The second-order valence-corrected chi connectivity index (χ2v) is 7.78. The first-order valence-corrected chi connectivity index (χ1v) is 8.98. The molecule has 0 aliphatic heterocycles. The Balaban J connectivity index is 1.70. The number of benzene rings is 1. The van der Waals surface area contributed by atoms with Gasteiger partial charge in [-0.1, -0.05) is 34.5 Å². The number of amides is 1. The Labute approximate surface area is 146 Å². The first-order chi connectivity index (χ1) is 11.0. The van der Waals surface area contributed by atoms with Crippen LogP contribution in [-0.2, 0) is 16.8 Å². The van der Waals surface area contributed by atoms with Crippen molar-refractivity contribution in [3.63, 3.8) is 0 Å². The molecule has 3 rings (SSSR count). The zero-order valence-electron chi connectivity index (χ0n) is 12.3. The SMILES string of the molecule is O=C(O)c1ccc(CNC(=O)C2(c3ccc(Br)cc3)CCC2)s1. The monoisotopic (exact) mass is 393 g/mol. The summed E-state index contributed by atoms with van der Waals surface area (Å²) in [6.45, 7) is 0.370. The fraction of sp³-hybridized carbons (Fsp3) is 0.294. The number of nitrogens with one attached hydrogen (secondary N) is 1. The number of thiophene rings is 1. The van der Waals surface area contributed by atoms with Gasteiger partial charge in [0, 0.05) is 9.35 Å². The normalized spacial score (nSPS) is 15.7. The summed E-state index contributed by atoms with van der Waals surface area (Å²) in [6.07, 6.45) is 2.75. The highest BCUT2D eigenvalue weighted by Crippen LogP contribution is 2.44. The molecule has 1 amide bonds. The molecule has 6 heteroatoms. The average molecular weight is 394 g/mol. The van der Waals surface area contributed by atoms with Gasteiger partial charge in [0.1, 0.15) is 4.88 Å². The number of hydrogen-bond acceptors (Lipinski definition) is 3. The molecule has 120 valence electrons. The van der Waals surface area contributed by atoms with Crippen LogP contribution < -0.4 is 5.32 Å². The summed E-state index contributed by atoms with van der Waals surface area (Å²) < 4.78 is 0.996. The molecular weight excluding hydrogens is 378 g/mol. The van der Waals surface area contributed by atoms with E-state index in [0.717, 1.165) is 34.2 Å². The van der Waals surface area contributed by atoms with Crippen molar-refractivity contribution in [1.29, 1.82) is 0 Å². The molecule has 1 aliphatic carbocycles. The van der Waals surface area contributed by atoms with Crippen molar-refractivity contribution in [3.05, 3.63) is 56.2 Å². The molecule has 0 spiro atoms. The molecule has 0 atom stereocenters. The first kappa shape index (κ1) is 16.2. The van der Waals surface area contributed by atoms with E-state index in [2.05, 4.69) is 21.2 Å². The Morgan fingerprint density at radius 2 is 1.87 bits per heavy atom. The fourth-order valence-corrected chi connectivity index (χ4v) is 3.92. The van der Waals surface area contributed by atoms with Crippen LogP contribution in [0, 0.1) is 0 Å². The maximum Gasteiger partial charge on any atom is 0.345 e. The number of carboxylic acid groups (broad SMARTS) is 1. The van der Waals surface area contributed by atoms with E-state index in [0.29, 0.717) is 11.4 Å². The van der Waals surface area contributed by atoms with Gasteiger partial charge in [0.05, 0.1) is 12.0 Å². The summed E-state index contributed by atoms with van der Waals surface area (Å²) in [5.74, 6) is -0.908. The molecule has 1 fully saturated rings. The smallest absolute Gasteiger partial charge is 0.345 e. The lowest BCUT2D eigenvalue weighted by Gasteiger charge is -2.40. The van der Waals surface area contributed by atoms with Crippen molar-refractivity contribution in [1.82, 2.24) is 5.32 Å². The summed E-state index contributed by atoms with van der Waals surface area (Å²) >= 11 is 4.61. The number of carbonyl (C=O) groups excluding carboxylic acids is 1. The van der Waals surface area contributed by atoms with E-state index >= 15 is 0 Å². The highest BCUT2D eigenvalue weighted by molar-refractivity contribution is 9.10. The van der Waals surface area contributed by atoms with E-state index in [4.69, 9.17) is 5.11 Å². The number of carbonyl (C=O) groups is 2. The first-order valence-electron chi connectivity index (χ1n) is 7.38.